The van der Waals surface area contributed by atoms with Crippen LogP contribution in [-0.4, -0.2) is 30.3 Å². The first-order chi connectivity index (χ1) is 70.7. The van der Waals surface area contributed by atoms with Crippen molar-refractivity contribution in [3.05, 3.63) is 392 Å². The molecule has 17 rings (SSSR count). The zero-order valence-corrected chi connectivity index (χ0v) is 62.3. The molecule has 0 atom stereocenters. The minimum absolute atomic E-state index is 0. The average molecular weight is 1650 g/mol. The van der Waals surface area contributed by atoms with Gasteiger partial charge in [-0.3, -0.25) is 4.57 Å². The van der Waals surface area contributed by atoms with Crippen LogP contribution >= 0.6 is 0 Å². The van der Waals surface area contributed by atoms with Gasteiger partial charge in [0.2, 0.25) is 0 Å². The Bertz CT molecular complexity index is 8340. The SMILES string of the molecule is [2H]c1c([2H])c([2H])c(-c2cnc(-n3c4[c-]c(Oc5[c-]c(-n6[c-][n+](-c7c(-c8c([2H])c([2H])c([2H])c([Si](c9c([2H])c([2H])c([2H])c([2H])c9[2H])(c9c([2H])c([2H])c([2H])c([2H])c9[2H])c9c([2H])c([2H])c([2H])c([2H])c9[2H])c8[2H])cc(C([2H])([2H])[2H])cc7[Si](c7c([2H])c([2H])c([2H])c([2H])c7[2H])(c7c([2H])c([2H])c([2H])c([2H])c7[2H])c7c([2H])c([2H])c([2H])c([2H])c7[2H])c7ccc(-c8cc(C(C)(C)C)cc(C(C)(C)C)c8)cc76)ccc5)ccc4c4ccccc43)cc2C([2H])([2H])[2H])c([2H])c1[2H].[Pt]. The van der Waals surface area contributed by atoms with Crippen LogP contribution < -0.4 is 50.8 Å². The predicted molar refractivity (Wildman–Crippen MR) is 450 cm³/mol. The number of hydrogen-bond acceptors (Lipinski definition) is 2. The first-order valence-corrected chi connectivity index (χ1v) is 37.4. The molecular formula is C100H82N4OPtSi2-2. The van der Waals surface area contributed by atoms with E-state index in [1.165, 1.54) is 51.6 Å². The monoisotopic (exact) mass is 1650 g/mol. The van der Waals surface area contributed by atoms with Crippen molar-refractivity contribution in [2.24, 2.45) is 0 Å². The number of nitrogens with zero attached hydrogens (tertiary/aromatic N) is 4. The van der Waals surface area contributed by atoms with Crippen LogP contribution in [0.4, 0.5) is 0 Å². The second-order valence-corrected chi connectivity index (χ2v) is 34.0. The van der Waals surface area contributed by atoms with Crippen molar-refractivity contribution in [2.75, 3.05) is 0 Å². The molecule has 14 aromatic carbocycles. The molecule has 3 aromatic heterocycles. The zero-order valence-electron chi connectivity index (χ0n) is 103. The maximum Gasteiger partial charge on any atom is 0.268 e. The van der Waals surface area contributed by atoms with Crippen molar-refractivity contribution in [1.82, 2.24) is 14.1 Å². The molecule has 0 spiro atoms. The number of rotatable bonds is 16. The summed E-state index contributed by atoms with van der Waals surface area (Å²) in [6.07, 6.45) is 4.36. The van der Waals surface area contributed by atoms with Crippen molar-refractivity contribution >= 4 is 90.5 Å². The van der Waals surface area contributed by atoms with E-state index in [9.17, 15) is 46.6 Å². The van der Waals surface area contributed by atoms with Crippen LogP contribution in [0.2, 0.25) is 0 Å². The van der Waals surface area contributed by atoms with Crippen LogP contribution in [0.3, 0.4) is 0 Å². The summed E-state index contributed by atoms with van der Waals surface area (Å²) in [6, 6.07) is -17.6. The summed E-state index contributed by atoms with van der Waals surface area (Å²) in [5, 5.41) is -9.61. The fourth-order valence-corrected chi connectivity index (χ4v) is 21.1. The summed E-state index contributed by atoms with van der Waals surface area (Å²) < 4.78 is 447. The summed E-state index contributed by atoms with van der Waals surface area (Å²) in [5.74, 6) is -0.411. The average Bonchev–Trinajstić information content (AvgIpc) is 1.28. The minimum Gasteiger partial charge on any atom is -0.510 e. The van der Waals surface area contributed by atoms with E-state index in [0.717, 1.165) is 21.9 Å². The topological polar surface area (TPSA) is 35.9 Å². The number of aromatic nitrogens is 4. The van der Waals surface area contributed by atoms with Crippen LogP contribution in [0.25, 0.3) is 83.4 Å². The zero-order chi connectivity index (χ0) is 112. The Morgan fingerprint density at radius 2 is 0.972 bits per heavy atom. The van der Waals surface area contributed by atoms with E-state index in [0.29, 0.717) is 39.5 Å². The van der Waals surface area contributed by atoms with E-state index >= 15 is 0 Å². The molecule has 0 saturated carbocycles. The summed E-state index contributed by atoms with van der Waals surface area (Å²) in [4.78, 5) is 4.70. The number of fused-ring (bicyclic) bond motifs is 4. The van der Waals surface area contributed by atoms with Gasteiger partial charge < -0.3 is 13.9 Å². The van der Waals surface area contributed by atoms with E-state index in [1.807, 2.05) is 59.7 Å². The minimum atomic E-state index is -7.12. The van der Waals surface area contributed by atoms with Crippen LogP contribution in [0.15, 0.2) is 351 Å². The van der Waals surface area contributed by atoms with Gasteiger partial charge in [0.05, 0.1) is 70.2 Å². The Kier molecular flexibility index (Phi) is 9.62. The molecule has 17 aromatic rings. The summed E-state index contributed by atoms with van der Waals surface area (Å²) in [6.45, 7) is 4.86. The predicted octanol–water partition coefficient (Wildman–Crippen LogP) is 18.6. The molecule has 0 aliphatic carbocycles. The third-order valence-electron chi connectivity index (χ3n) is 18.6. The van der Waals surface area contributed by atoms with Gasteiger partial charge >= 0.3 is 0 Å². The van der Waals surface area contributed by atoms with Crippen LogP contribution in [0.5, 0.6) is 11.5 Å². The number of para-hydroxylation sites is 1. The number of pyridine rings is 1. The van der Waals surface area contributed by atoms with Gasteiger partial charge in [0.25, 0.3) is 6.33 Å². The molecule has 0 saturated heterocycles. The molecule has 0 amide bonds. The number of aryl methyl sites for hydroxylation is 2. The number of imidazole rings is 1. The Labute approximate surface area is 714 Å². The summed E-state index contributed by atoms with van der Waals surface area (Å²) >= 11 is 0. The second kappa shape index (κ2) is 29.0. The van der Waals surface area contributed by atoms with Gasteiger partial charge in [0.1, 0.15) is 5.82 Å². The molecule has 0 N–H and O–H groups in total. The quantitative estimate of drug-likeness (QED) is 0.0418. The van der Waals surface area contributed by atoms with Gasteiger partial charge in [0, 0.05) is 58.1 Å². The summed E-state index contributed by atoms with van der Waals surface area (Å²) in [5.41, 5.74) is -4.92. The van der Waals surface area contributed by atoms with Gasteiger partial charge in [-0.2, -0.15) is 18.2 Å². The van der Waals surface area contributed by atoms with Crippen LogP contribution in [0.1, 0.15) is 125 Å². The normalized spacial score (nSPS) is 18.1. The Morgan fingerprint density at radius 1 is 0.435 bits per heavy atom. The third kappa shape index (κ3) is 12.7. The van der Waals surface area contributed by atoms with E-state index in [4.69, 9.17) is 24.8 Å². The molecule has 0 aliphatic rings. The number of hydrogen-bond donors (Lipinski definition) is 0. The summed E-state index contributed by atoms with van der Waals surface area (Å²) in [7, 11) is -14.2. The van der Waals surface area contributed by atoms with Crippen molar-refractivity contribution in [1.29, 1.82) is 0 Å². The van der Waals surface area contributed by atoms with Gasteiger partial charge in [-0.15, -0.1) is 29.7 Å². The molecule has 3 heterocycles. The van der Waals surface area contributed by atoms with E-state index in [-0.39, 0.29) is 66.2 Å². The van der Waals surface area contributed by atoms with Gasteiger partial charge in [0.15, 0.2) is 16.1 Å². The van der Waals surface area contributed by atoms with Gasteiger partial charge in [-0.25, -0.2) is 4.98 Å². The maximum atomic E-state index is 11.6. The molecule has 0 bridgehead atoms. The fourth-order valence-electron chi connectivity index (χ4n) is 13.5. The first kappa shape index (κ1) is 35.9. The van der Waals surface area contributed by atoms with E-state index < -0.39 is 351 Å². The first-order valence-electron chi connectivity index (χ1n) is 55.9. The van der Waals surface area contributed by atoms with Crippen molar-refractivity contribution in [3.8, 4) is 62.1 Å². The van der Waals surface area contributed by atoms with Crippen LogP contribution in [-0.2, 0) is 31.9 Å². The molecule has 0 fully saturated rings. The molecular weight excluding hydrogens is 1520 g/mol. The third-order valence-corrected chi connectivity index (χ3v) is 26.8. The molecule has 0 radical (unpaired) electrons. The molecule has 528 valence electrons. The molecule has 0 aliphatic heterocycles. The number of ether oxygens (including phenoxy) is 1. The maximum absolute atomic E-state index is 11.6. The largest absolute Gasteiger partial charge is 0.510 e. The van der Waals surface area contributed by atoms with E-state index in [2.05, 4.69) is 18.5 Å². The molecule has 108 heavy (non-hydrogen) atoms. The second-order valence-electron chi connectivity index (χ2n) is 27.0. The fraction of sp³-hybridized carbons (Fsp3) is 0.100. The van der Waals surface area contributed by atoms with Crippen molar-refractivity contribution in [3.63, 3.8) is 0 Å². The van der Waals surface area contributed by atoms with E-state index in [1.54, 1.807) is 36.4 Å². The standard InChI is InChI=1S/C100H82N4OSi2.Pt/c1-70-58-90(74-36-32-51-87(63-74)106(81-39-18-10-19-40-81,82-41-20-11-21-42-82)83-43-22-12-23-44-83)98(96(59-70)107(84-45-24-13-25-46-84,85-47-26-14-27-48-85)86-49-28-15-29-50-86)103-69-102(95-64-73(54-57-93(95)103)75-61-76(99(3,4)5)65-77(62-75)100(6,7)8)78-37-33-38-79(66-78)105-80-55-56-89-88-52-30-31-53-92(88)104(94(89)67-80)97-60-71(2)91(68-101-97)72-34-16-9-17-35-72;/h9-65,68H,1-8H3;/q-2;/i1D3,2D3,9D,10D,11D,12D,13D,14D,15D,16D,17D,18D,19D,20D,21D,22D,23D,24D,25D,26D,27D,28D,29D,32D,34D,35D,36D,39D,40D,41D,42D,43D,44D,45D,46D,47D,48D,49D,50D,51D,63D;. The van der Waals surface area contributed by atoms with Crippen molar-refractivity contribution in [2.45, 2.75) is 66.1 Å². The van der Waals surface area contributed by atoms with Gasteiger partial charge in [-0.05, 0) is 140 Å². The molecule has 0 unspecified atom stereocenters. The Hall–Kier alpha value is -11.6. The number of benzene rings is 14. The smallest absolute Gasteiger partial charge is 0.268 e. The molecule has 5 nitrogen and oxygen atoms in total. The molecule has 8 heteroatoms. The van der Waals surface area contributed by atoms with Crippen molar-refractivity contribution < 1.29 is 92.1 Å². The van der Waals surface area contributed by atoms with Crippen LogP contribution in [0, 0.1) is 32.2 Å². The Morgan fingerprint density at radius 3 is 1.54 bits per heavy atom. The van der Waals surface area contributed by atoms with Gasteiger partial charge in [-0.1, -0.05) is 349 Å². The Balaban J connectivity index is 0.0000166.